The summed E-state index contributed by atoms with van der Waals surface area (Å²) in [5, 5.41) is 13.5. The highest BCUT2D eigenvalue weighted by atomic mass is 16.5. The van der Waals surface area contributed by atoms with Gasteiger partial charge >= 0.3 is 0 Å². The van der Waals surface area contributed by atoms with Gasteiger partial charge in [-0.3, -0.25) is 4.79 Å². The number of β-amino-alcohol motifs (C(OH)–C–C–N with tert-alkyl or cyclic N) is 1. The Bertz CT molecular complexity index is 882. The first-order valence-corrected chi connectivity index (χ1v) is 11.6. The molecular weight excluding hydrogens is 388 g/mol. The summed E-state index contributed by atoms with van der Waals surface area (Å²) in [7, 11) is 0. The van der Waals surface area contributed by atoms with Gasteiger partial charge in [-0.25, -0.2) is 0 Å². The van der Waals surface area contributed by atoms with Crippen molar-refractivity contribution in [3.8, 4) is 5.75 Å². The summed E-state index contributed by atoms with van der Waals surface area (Å²) >= 11 is 0. The number of amides is 1. The molecule has 0 aromatic heterocycles. The number of rotatable bonds is 7. The van der Waals surface area contributed by atoms with Gasteiger partial charge in [-0.1, -0.05) is 24.3 Å². The lowest BCUT2D eigenvalue weighted by atomic mass is 9.96. The molecule has 2 fully saturated rings. The molecule has 4 rings (SSSR count). The van der Waals surface area contributed by atoms with E-state index in [4.69, 9.17) is 4.74 Å². The minimum absolute atomic E-state index is 0.0252. The zero-order chi connectivity index (χ0) is 21.8. The van der Waals surface area contributed by atoms with E-state index in [-0.39, 0.29) is 18.1 Å². The molecule has 1 unspecified atom stereocenters. The van der Waals surface area contributed by atoms with Crippen molar-refractivity contribution >= 4 is 5.91 Å². The van der Waals surface area contributed by atoms with Crippen LogP contribution in [0.3, 0.4) is 0 Å². The summed E-state index contributed by atoms with van der Waals surface area (Å²) < 4.78 is 5.64. The minimum atomic E-state index is -0.379. The number of likely N-dealkylation sites (tertiary alicyclic amines) is 1. The summed E-state index contributed by atoms with van der Waals surface area (Å²) in [6, 6.07) is 17.2. The van der Waals surface area contributed by atoms with Crippen LogP contribution in [-0.2, 0) is 0 Å². The second kappa shape index (κ2) is 9.84. The third kappa shape index (κ3) is 5.28. The Morgan fingerprint density at radius 1 is 1.19 bits per heavy atom. The normalized spacial score (nSPS) is 24.4. The maximum atomic E-state index is 12.6. The second-order valence-corrected chi connectivity index (χ2v) is 8.92. The lowest BCUT2D eigenvalue weighted by Gasteiger charge is -2.21. The van der Waals surface area contributed by atoms with Crippen LogP contribution in [0.4, 0.5) is 0 Å². The lowest BCUT2D eigenvalue weighted by Crippen LogP contribution is -2.29. The molecule has 1 heterocycles. The number of aliphatic hydroxyl groups excluding tert-OH is 1. The van der Waals surface area contributed by atoms with Crippen molar-refractivity contribution in [1.82, 2.24) is 10.2 Å². The summed E-state index contributed by atoms with van der Waals surface area (Å²) in [5.74, 6) is 1.48. The molecule has 1 aliphatic carbocycles. The summed E-state index contributed by atoms with van der Waals surface area (Å²) in [6.07, 6.45) is 3.73. The molecule has 0 radical (unpaired) electrons. The van der Waals surface area contributed by atoms with E-state index in [1.54, 1.807) is 4.90 Å². The second-order valence-electron chi connectivity index (χ2n) is 8.92. The number of carbonyl (C=O) groups excluding carboxylic acids is 1. The fourth-order valence-corrected chi connectivity index (χ4v) is 4.93. The van der Waals surface area contributed by atoms with E-state index in [0.717, 1.165) is 25.0 Å². The predicted molar refractivity (Wildman–Crippen MR) is 123 cm³/mol. The highest BCUT2D eigenvalue weighted by Crippen LogP contribution is 2.36. The van der Waals surface area contributed by atoms with E-state index in [1.165, 1.54) is 11.1 Å². The molecule has 1 saturated carbocycles. The quantitative estimate of drug-likeness (QED) is 0.699. The van der Waals surface area contributed by atoms with Gasteiger partial charge in [-0.2, -0.15) is 0 Å². The van der Waals surface area contributed by atoms with Crippen LogP contribution in [0.1, 0.15) is 73.0 Å². The average Bonchev–Trinajstić information content (AvgIpc) is 3.43. The van der Waals surface area contributed by atoms with E-state index < -0.39 is 0 Å². The van der Waals surface area contributed by atoms with Crippen LogP contribution in [0.5, 0.6) is 5.75 Å². The molecule has 0 spiro atoms. The van der Waals surface area contributed by atoms with Gasteiger partial charge in [0, 0.05) is 30.7 Å². The monoisotopic (exact) mass is 422 g/mol. The first-order valence-electron chi connectivity index (χ1n) is 11.6. The highest BCUT2D eigenvalue weighted by Gasteiger charge is 2.28. The molecule has 1 amide bonds. The van der Waals surface area contributed by atoms with Crippen molar-refractivity contribution in [2.24, 2.45) is 0 Å². The zero-order valence-corrected chi connectivity index (χ0v) is 18.6. The van der Waals surface area contributed by atoms with Crippen LogP contribution in [0.25, 0.3) is 0 Å². The van der Waals surface area contributed by atoms with Crippen LogP contribution >= 0.6 is 0 Å². The van der Waals surface area contributed by atoms with E-state index in [1.807, 2.05) is 25.1 Å². The molecule has 2 aromatic rings. The lowest BCUT2D eigenvalue weighted by molar-refractivity contribution is 0.0765. The molecule has 1 aliphatic heterocycles. The smallest absolute Gasteiger partial charge is 0.253 e. The molecule has 166 valence electrons. The number of hydrogen-bond donors (Lipinski definition) is 2. The summed E-state index contributed by atoms with van der Waals surface area (Å²) in [5.41, 5.74) is 3.28. The highest BCUT2D eigenvalue weighted by molar-refractivity contribution is 5.94. The van der Waals surface area contributed by atoms with Gasteiger partial charge in [0.1, 0.15) is 5.75 Å². The standard InChI is InChI=1S/C26H34N2O3/c1-3-31-25-6-4-5-21(16-25)18(2)27-23-12-11-22(15-23)19-7-9-20(10-8-19)26(30)28-14-13-24(29)17-28/h4-10,16,18,22-24,27,29H,3,11-15,17H2,1-2H3/t18-,22+,23+,24?/m1/s1. The third-order valence-electron chi connectivity index (χ3n) is 6.67. The van der Waals surface area contributed by atoms with Crippen molar-refractivity contribution < 1.29 is 14.6 Å². The van der Waals surface area contributed by atoms with Crippen molar-refractivity contribution in [3.05, 3.63) is 65.2 Å². The van der Waals surface area contributed by atoms with Crippen LogP contribution in [-0.4, -0.2) is 47.8 Å². The topological polar surface area (TPSA) is 61.8 Å². The van der Waals surface area contributed by atoms with Gasteiger partial charge in [-0.05, 0) is 80.8 Å². The molecule has 4 atom stereocenters. The maximum Gasteiger partial charge on any atom is 0.253 e. The van der Waals surface area contributed by atoms with Gasteiger partial charge in [-0.15, -0.1) is 0 Å². The zero-order valence-electron chi connectivity index (χ0n) is 18.6. The SMILES string of the molecule is CCOc1cccc([C@@H](C)N[C@H]2CC[C@H](c3ccc(C(=O)N4CCC(O)C4)cc3)C2)c1. The number of carbonyl (C=O) groups is 1. The molecule has 5 nitrogen and oxygen atoms in total. The van der Waals surface area contributed by atoms with E-state index >= 15 is 0 Å². The molecular formula is C26H34N2O3. The molecule has 31 heavy (non-hydrogen) atoms. The maximum absolute atomic E-state index is 12.6. The Kier molecular flexibility index (Phi) is 6.93. The summed E-state index contributed by atoms with van der Waals surface area (Å²) in [4.78, 5) is 14.3. The van der Waals surface area contributed by atoms with Gasteiger partial charge in [0.15, 0.2) is 0 Å². The minimum Gasteiger partial charge on any atom is -0.494 e. The van der Waals surface area contributed by atoms with Gasteiger partial charge in [0.2, 0.25) is 0 Å². The van der Waals surface area contributed by atoms with Gasteiger partial charge < -0.3 is 20.1 Å². The van der Waals surface area contributed by atoms with E-state index in [0.29, 0.717) is 43.6 Å². The first-order chi connectivity index (χ1) is 15.0. The Labute approximate surface area is 185 Å². The van der Waals surface area contributed by atoms with Gasteiger partial charge in [0.05, 0.1) is 12.7 Å². The number of nitrogens with one attached hydrogen (secondary N) is 1. The van der Waals surface area contributed by atoms with E-state index in [2.05, 4.69) is 42.6 Å². The first kappa shape index (κ1) is 21.8. The van der Waals surface area contributed by atoms with Crippen LogP contribution in [0.2, 0.25) is 0 Å². The molecule has 2 aromatic carbocycles. The Hall–Kier alpha value is -2.37. The van der Waals surface area contributed by atoms with Crippen molar-refractivity contribution in [3.63, 3.8) is 0 Å². The number of benzene rings is 2. The van der Waals surface area contributed by atoms with E-state index in [9.17, 15) is 9.90 Å². The Morgan fingerprint density at radius 3 is 2.71 bits per heavy atom. The van der Waals surface area contributed by atoms with Crippen LogP contribution in [0.15, 0.2) is 48.5 Å². The Balaban J connectivity index is 1.32. The van der Waals surface area contributed by atoms with Crippen molar-refractivity contribution in [2.75, 3.05) is 19.7 Å². The third-order valence-corrected chi connectivity index (χ3v) is 6.67. The van der Waals surface area contributed by atoms with Crippen LogP contribution < -0.4 is 10.1 Å². The number of aliphatic hydroxyl groups is 1. The molecule has 2 aliphatic rings. The largest absolute Gasteiger partial charge is 0.494 e. The fraction of sp³-hybridized carbons (Fsp3) is 0.500. The van der Waals surface area contributed by atoms with Crippen molar-refractivity contribution in [2.45, 2.75) is 63.6 Å². The average molecular weight is 423 g/mol. The number of ether oxygens (including phenoxy) is 1. The molecule has 1 saturated heterocycles. The fourth-order valence-electron chi connectivity index (χ4n) is 4.93. The molecule has 5 heteroatoms. The van der Waals surface area contributed by atoms with Gasteiger partial charge in [0.25, 0.3) is 5.91 Å². The Morgan fingerprint density at radius 2 is 2.00 bits per heavy atom. The van der Waals surface area contributed by atoms with Crippen molar-refractivity contribution in [1.29, 1.82) is 0 Å². The molecule has 0 bridgehead atoms. The predicted octanol–water partition coefficient (Wildman–Crippen LogP) is 4.28. The summed E-state index contributed by atoms with van der Waals surface area (Å²) in [6.45, 7) is 5.99. The number of nitrogens with zero attached hydrogens (tertiary/aromatic N) is 1. The molecule has 2 N–H and O–H groups in total. The number of hydrogen-bond acceptors (Lipinski definition) is 4. The van der Waals surface area contributed by atoms with Crippen LogP contribution in [0, 0.1) is 0 Å².